The van der Waals surface area contributed by atoms with Gasteiger partial charge in [0.2, 0.25) is 5.91 Å². The van der Waals surface area contributed by atoms with Gasteiger partial charge < -0.3 is 4.90 Å². The Kier molecular flexibility index (Phi) is 7.14. The molecule has 0 saturated carbocycles. The summed E-state index contributed by atoms with van der Waals surface area (Å²) >= 11 is 1.30. The molecule has 0 aliphatic carbocycles. The van der Waals surface area contributed by atoms with Crippen LogP contribution in [0.5, 0.6) is 0 Å². The first kappa shape index (κ1) is 22.7. The van der Waals surface area contributed by atoms with E-state index in [4.69, 9.17) is 0 Å². The molecule has 0 radical (unpaired) electrons. The van der Waals surface area contributed by atoms with Crippen molar-refractivity contribution in [2.24, 2.45) is 0 Å². The molecular weight excluding hydrogens is 442 g/mol. The Labute approximate surface area is 195 Å². The number of aromatic nitrogens is 3. The first-order valence-corrected chi connectivity index (χ1v) is 11.3. The van der Waals surface area contributed by atoms with Crippen LogP contribution in [0.1, 0.15) is 11.1 Å². The zero-order chi connectivity index (χ0) is 23.2. The smallest absolute Gasteiger partial charge is 0.233 e. The maximum atomic E-state index is 13.4. The van der Waals surface area contributed by atoms with E-state index in [2.05, 4.69) is 10.2 Å². The van der Waals surface area contributed by atoms with Crippen LogP contribution in [0.3, 0.4) is 0 Å². The largest absolute Gasteiger partial charge is 0.341 e. The number of halogens is 2. The summed E-state index contributed by atoms with van der Waals surface area (Å²) in [4.78, 5) is 14.3. The third kappa shape index (κ3) is 5.84. The van der Waals surface area contributed by atoms with Crippen molar-refractivity contribution in [2.75, 3.05) is 12.8 Å². The molecule has 1 aromatic heterocycles. The van der Waals surface area contributed by atoms with E-state index in [1.165, 1.54) is 36.0 Å². The molecule has 1 amide bonds. The zero-order valence-electron chi connectivity index (χ0n) is 18.0. The van der Waals surface area contributed by atoms with Gasteiger partial charge in [0.05, 0.1) is 12.3 Å². The Morgan fingerprint density at radius 3 is 2.18 bits per heavy atom. The number of benzene rings is 3. The highest BCUT2D eigenvalue weighted by Gasteiger charge is 2.18. The minimum absolute atomic E-state index is 0.0816. The SMILES string of the molecule is CN(Cc1ccc(F)cc1)C(=O)CSc1nnc(-c2ccc(F)cc2)n1Cc1ccccc1. The summed E-state index contributed by atoms with van der Waals surface area (Å²) in [6.07, 6.45) is 0. The molecule has 3 aromatic carbocycles. The average molecular weight is 465 g/mol. The van der Waals surface area contributed by atoms with Crippen LogP contribution in [0, 0.1) is 11.6 Å². The van der Waals surface area contributed by atoms with E-state index in [1.807, 2.05) is 34.9 Å². The molecule has 8 heteroatoms. The Morgan fingerprint density at radius 2 is 1.52 bits per heavy atom. The lowest BCUT2D eigenvalue weighted by Gasteiger charge is -2.17. The van der Waals surface area contributed by atoms with Crippen LogP contribution < -0.4 is 0 Å². The molecule has 4 aromatic rings. The van der Waals surface area contributed by atoms with Gasteiger partial charge in [-0.3, -0.25) is 9.36 Å². The van der Waals surface area contributed by atoms with Crippen molar-refractivity contribution >= 4 is 17.7 Å². The van der Waals surface area contributed by atoms with Gasteiger partial charge in [-0.2, -0.15) is 0 Å². The van der Waals surface area contributed by atoms with Crippen molar-refractivity contribution in [3.63, 3.8) is 0 Å². The lowest BCUT2D eigenvalue weighted by atomic mass is 10.2. The van der Waals surface area contributed by atoms with Crippen molar-refractivity contribution in [3.8, 4) is 11.4 Å². The molecule has 33 heavy (non-hydrogen) atoms. The number of carbonyl (C=O) groups is 1. The van der Waals surface area contributed by atoms with E-state index in [1.54, 1.807) is 36.2 Å². The quantitative estimate of drug-likeness (QED) is 0.344. The van der Waals surface area contributed by atoms with E-state index >= 15 is 0 Å². The van der Waals surface area contributed by atoms with Crippen molar-refractivity contribution in [1.82, 2.24) is 19.7 Å². The second-order valence-corrected chi connectivity index (χ2v) is 8.49. The van der Waals surface area contributed by atoms with Crippen LogP contribution in [0.2, 0.25) is 0 Å². The maximum Gasteiger partial charge on any atom is 0.233 e. The predicted molar refractivity (Wildman–Crippen MR) is 125 cm³/mol. The van der Waals surface area contributed by atoms with E-state index in [0.717, 1.165) is 16.7 Å². The number of hydrogen-bond acceptors (Lipinski definition) is 4. The fraction of sp³-hybridized carbons (Fsp3) is 0.160. The fourth-order valence-electron chi connectivity index (χ4n) is 3.30. The van der Waals surface area contributed by atoms with Gasteiger partial charge in [-0.05, 0) is 47.5 Å². The van der Waals surface area contributed by atoms with Gasteiger partial charge in [-0.1, -0.05) is 54.2 Å². The highest BCUT2D eigenvalue weighted by atomic mass is 32.2. The molecule has 0 unspecified atom stereocenters. The molecular formula is C25H22F2N4OS. The Hall–Kier alpha value is -3.52. The lowest BCUT2D eigenvalue weighted by Crippen LogP contribution is -2.27. The molecule has 0 N–H and O–H groups in total. The predicted octanol–water partition coefficient (Wildman–Crippen LogP) is 5.02. The topological polar surface area (TPSA) is 51.0 Å². The molecule has 0 atom stereocenters. The summed E-state index contributed by atoms with van der Waals surface area (Å²) < 4.78 is 28.5. The molecule has 0 fully saturated rings. The number of nitrogens with zero attached hydrogens (tertiary/aromatic N) is 4. The number of rotatable bonds is 8. The van der Waals surface area contributed by atoms with Crippen molar-refractivity contribution in [1.29, 1.82) is 0 Å². The molecule has 0 spiro atoms. The molecule has 5 nitrogen and oxygen atoms in total. The van der Waals surface area contributed by atoms with Gasteiger partial charge in [-0.25, -0.2) is 8.78 Å². The van der Waals surface area contributed by atoms with Gasteiger partial charge in [0.25, 0.3) is 0 Å². The number of thioether (sulfide) groups is 1. The van der Waals surface area contributed by atoms with Crippen LogP contribution in [0.15, 0.2) is 84.0 Å². The average Bonchev–Trinajstić information content (AvgIpc) is 3.22. The van der Waals surface area contributed by atoms with Gasteiger partial charge >= 0.3 is 0 Å². The minimum Gasteiger partial charge on any atom is -0.341 e. The summed E-state index contributed by atoms with van der Waals surface area (Å²) in [5.41, 5.74) is 2.65. The van der Waals surface area contributed by atoms with Crippen LogP contribution in [0.4, 0.5) is 8.78 Å². The van der Waals surface area contributed by atoms with Crippen LogP contribution >= 0.6 is 11.8 Å². The maximum absolute atomic E-state index is 13.4. The molecule has 1 heterocycles. The monoisotopic (exact) mass is 464 g/mol. The van der Waals surface area contributed by atoms with E-state index in [0.29, 0.717) is 24.1 Å². The Bertz CT molecular complexity index is 1210. The standard InChI is InChI=1S/C25H22F2N4OS/c1-30(15-19-7-11-21(26)12-8-19)23(32)17-33-25-29-28-24(20-9-13-22(27)14-10-20)31(25)16-18-5-3-2-4-6-18/h2-14H,15-17H2,1H3. The third-order valence-electron chi connectivity index (χ3n) is 5.09. The Balaban J connectivity index is 1.51. The lowest BCUT2D eigenvalue weighted by molar-refractivity contribution is -0.127. The first-order valence-electron chi connectivity index (χ1n) is 10.3. The Morgan fingerprint density at radius 1 is 0.879 bits per heavy atom. The third-order valence-corrected chi connectivity index (χ3v) is 6.04. The summed E-state index contributed by atoms with van der Waals surface area (Å²) in [5.74, 6) is 0.0688. The van der Waals surface area contributed by atoms with Crippen molar-refractivity contribution < 1.29 is 13.6 Å². The van der Waals surface area contributed by atoms with Gasteiger partial charge in [-0.15, -0.1) is 10.2 Å². The summed E-state index contributed by atoms with van der Waals surface area (Å²) in [7, 11) is 1.71. The van der Waals surface area contributed by atoms with Gasteiger partial charge in [0, 0.05) is 19.2 Å². The van der Waals surface area contributed by atoms with Crippen LogP contribution in [0.25, 0.3) is 11.4 Å². The van der Waals surface area contributed by atoms with Crippen LogP contribution in [-0.4, -0.2) is 38.4 Å². The second-order valence-electron chi connectivity index (χ2n) is 7.55. The van der Waals surface area contributed by atoms with E-state index < -0.39 is 0 Å². The van der Waals surface area contributed by atoms with Crippen LogP contribution in [-0.2, 0) is 17.9 Å². The normalized spacial score (nSPS) is 10.9. The molecule has 0 aliphatic rings. The van der Waals surface area contributed by atoms with Gasteiger partial charge in [0.1, 0.15) is 11.6 Å². The highest BCUT2D eigenvalue weighted by molar-refractivity contribution is 7.99. The van der Waals surface area contributed by atoms with E-state index in [9.17, 15) is 13.6 Å². The molecule has 0 bridgehead atoms. The molecule has 0 aliphatic heterocycles. The molecule has 4 rings (SSSR count). The van der Waals surface area contributed by atoms with Crippen molar-refractivity contribution in [2.45, 2.75) is 18.2 Å². The second kappa shape index (κ2) is 10.4. The highest BCUT2D eigenvalue weighted by Crippen LogP contribution is 2.26. The minimum atomic E-state index is -0.322. The summed E-state index contributed by atoms with van der Waals surface area (Å²) in [6.45, 7) is 0.902. The zero-order valence-corrected chi connectivity index (χ0v) is 18.8. The molecule has 168 valence electrons. The summed E-state index contributed by atoms with van der Waals surface area (Å²) in [5, 5.41) is 9.22. The summed E-state index contributed by atoms with van der Waals surface area (Å²) in [6, 6.07) is 22.1. The van der Waals surface area contributed by atoms with Gasteiger partial charge in [0.15, 0.2) is 11.0 Å². The number of hydrogen-bond donors (Lipinski definition) is 0. The number of amides is 1. The fourth-order valence-corrected chi connectivity index (χ4v) is 4.18. The first-order chi connectivity index (χ1) is 16.0. The van der Waals surface area contributed by atoms with Crippen molar-refractivity contribution in [3.05, 3.63) is 102 Å². The van der Waals surface area contributed by atoms with E-state index in [-0.39, 0.29) is 23.3 Å². The molecule has 0 saturated heterocycles. The number of carbonyl (C=O) groups excluding carboxylic acids is 1.